The predicted molar refractivity (Wildman–Crippen MR) is 69.9 cm³/mol. The zero-order chi connectivity index (χ0) is 11.6. The Bertz CT molecular complexity index is 334. The maximum absolute atomic E-state index is 12.7. The van der Waals surface area contributed by atoms with Gasteiger partial charge in [-0.1, -0.05) is 22.4 Å². The molecular formula is C14H20BrNO. The molecule has 4 unspecified atom stereocenters. The second kappa shape index (κ2) is 3.72. The smallest absolute Gasteiger partial charge is 0.226 e. The first-order chi connectivity index (χ1) is 8.25. The summed E-state index contributed by atoms with van der Waals surface area (Å²) in [6.07, 6.45) is 8.89. The lowest BCUT2D eigenvalue weighted by Crippen LogP contribution is -2.48. The number of amides is 1. The molecule has 4 aliphatic rings. The van der Waals surface area contributed by atoms with Crippen molar-refractivity contribution in [1.82, 2.24) is 4.90 Å². The summed E-state index contributed by atoms with van der Waals surface area (Å²) < 4.78 is 0. The molecule has 2 nitrogen and oxygen atoms in total. The summed E-state index contributed by atoms with van der Waals surface area (Å²) in [5.74, 6) is 2.54. The number of fused-ring (bicyclic) bond motifs is 3. The van der Waals surface area contributed by atoms with E-state index in [9.17, 15) is 4.79 Å². The van der Waals surface area contributed by atoms with Gasteiger partial charge in [-0.2, -0.15) is 0 Å². The number of nitrogens with zero attached hydrogens (tertiary/aromatic N) is 1. The minimum atomic E-state index is 0.443. The molecule has 2 heterocycles. The average Bonchev–Trinajstić information content (AvgIpc) is 2.65. The standard InChI is InChI=1S/C14H20BrNO/c15-8-6-9-4-5-10(7-8)16(9)14(17)13-11-2-1-3-12(11)13/h8-13H,1-7H2. The summed E-state index contributed by atoms with van der Waals surface area (Å²) in [6.45, 7) is 0. The molecule has 1 amide bonds. The van der Waals surface area contributed by atoms with Crippen LogP contribution in [0.3, 0.4) is 0 Å². The van der Waals surface area contributed by atoms with E-state index < -0.39 is 0 Å². The van der Waals surface area contributed by atoms with Gasteiger partial charge in [-0.15, -0.1) is 0 Å². The fourth-order valence-corrected chi connectivity index (χ4v) is 5.69. The summed E-state index contributed by atoms with van der Waals surface area (Å²) in [7, 11) is 0. The van der Waals surface area contributed by atoms with E-state index in [4.69, 9.17) is 0 Å². The van der Waals surface area contributed by atoms with Crippen LogP contribution in [0, 0.1) is 17.8 Å². The van der Waals surface area contributed by atoms with Crippen molar-refractivity contribution in [2.24, 2.45) is 17.8 Å². The maximum Gasteiger partial charge on any atom is 0.226 e. The van der Waals surface area contributed by atoms with Gasteiger partial charge in [0.2, 0.25) is 5.91 Å². The molecule has 17 heavy (non-hydrogen) atoms. The fourth-order valence-electron chi connectivity index (χ4n) is 4.83. The summed E-state index contributed by atoms with van der Waals surface area (Å²) in [4.78, 5) is 15.6. The van der Waals surface area contributed by atoms with Crippen LogP contribution in [0.5, 0.6) is 0 Å². The van der Waals surface area contributed by atoms with Crippen LogP contribution in [-0.4, -0.2) is 27.7 Å². The number of rotatable bonds is 1. The Hall–Kier alpha value is -0.0500. The van der Waals surface area contributed by atoms with Crippen molar-refractivity contribution in [2.45, 2.75) is 61.9 Å². The molecule has 0 aromatic heterocycles. The zero-order valence-electron chi connectivity index (χ0n) is 10.1. The van der Waals surface area contributed by atoms with Crippen LogP contribution >= 0.6 is 15.9 Å². The van der Waals surface area contributed by atoms with Gasteiger partial charge in [0.15, 0.2) is 0 Å². The van der Waals surface area contributed by atoms with E-state index in [-0.39, 0.29) is 0 Å². The number of hydrogen-bond acceptors (Lipinski definition) is 1. The van der Waals surface area contributed by atoms with Crippen molar-refractivity contribution >= 4 is 21.8 Å². The lowest BCUT2D eigenvalue weighted by atomic mass is 10.0. The van der Waals surface area contributed by atoms with Crippen molar-refractivity contribution in [3.63, 3.8) is 0 Å². The van der Waals surface area contributed by atoms with Gasteiger partial charge in [-0.05, 0) is 50.4 Å². The molecule has 0 spiro atoms. The van der Waals surface area contributed by atoms with Gasteiger partial charge in [-0.25, -0.2) is 0 Å². The molecule has 2 aliphatic carbocycles. The molecular weight excluding hydrogens is 278 g/mol. The van der Waals surface area contributed by atoms with Gasteiger partial charge in [0.1, 0.15) is 0 Å². The molecule has 2 bridgehead atoms. The number of alkyl halides is 1. The van der Waals surface area contributed by atoms with E-state index in [2.05, 4.69) is 20.8 Å². The van der Waals surface area contributed by atoms with Gasteiger partial charge in [0.25, 0.3) is 0 Å². The highest BCUT2D eigenvalue weighted by molar-refractivity contribution is 9.09. The van der Waals surface area contributed by atoms with Crippen molar-refractivity contribution in [3.05, 3.63) is 0 Å². The predicted octanol–water partition coefficient (Wildman–Crippen LogP) is 2.95. The molecule has 4 atom stereocenters. The maximum atomic E-state index is 12.7. The normalized spacial score (nSPS) is 51.5. The summed E-state index contributed by atoms with van der Waals surface area (Å²) in [5, 5.41) is 0. The zero-order valence-corrected chi connectivity index (χ0v) is 11.7. The van der Waals surface area contributed by atoms with Crippen molar-refractivity contribution in [2.75, 3.05) is 0 Å². The van der Waals surface area contributed by atoms with Gasteiger partial charge in [-0.3, -0.25) is 4.79 Å². The number of carbonyl (C=O) groups is 1. The van der Waals surface area contributed by atoms with Crippen molar-refractivity contribution in [3.8, 4) is 0 Å². The molecule has 2 aliphatic heterocycles. The molecule has 2 saturated carbocycles. The first-order valence-electron chi connectivity index (χ1n) is 7.22. The van der Waals surface area contributed by atoms with Crippen LogP contribution in [0.2, 0.25) is 0 Å². The van der Waals surface area contributed by atoms with Gasteiger partial charge in [0.05, 0.1) is 0 Å². The fraction of sp³-hybridized carbons (Fsp3) is 0.929. The molecule has 0 N–H and O–H groups in total. The second-order valence-corrected chi connectivity index (χ2v) is 7.78. The first kappa shape index (κ1) is 10.8. The number of hydrogen-bond donors (Lipinski definition) is 0. The SMILES string of the molecule is O=C(C1C2CCCC21)N1C2CCC1CC(Br)C2. The Labute approximate surface area is 111 Å². The molecule has 0 radical (unpaired) electrons. The molecule has 2 saturated heterocycles. The van der Waals surface area contributed by atoms with E-state index >= 15 is 0 Å². The lowest BCUT2D eigenvalue weighted by Gasteiger charge is -2.37. The first-order valence-corrected chi connectivity index (χ1v) is 8.13. The van der Waals surface area contributed by atoms with Crippen LogP contribution in [0.15, 0.2) is 0 Å². The van der Waals surface area contributed by atoms with Crippen molar-refractivity contribution in [1.29, 1.82) is 0 Å². The highest BCUT2D eigenvalue weighted by atomic mass is 79.9. The quantitative estimate of drug-likeness (QED) is 0.682. The minimum absolute atomic E-state index is 0.443. The Balaban J connectivity index is 1.50. The lowest BCUT2D eigenvalue weighted by molar-refractivity contribution is -0.137. The van der Waals surface area contributed by atoms with E-state index in [0.29, 0.717) is 28.7 Å². The third-order valence-electron chi connectivity index (χ3n) is 5.62. The van der Waals surface area contributed by atoms with Crippen LogP contribution in [-0.2, 0) is 4.79 Å². The van der Waals surface area contributed by atoms with Crippen molar-refractivity contribution < 1.29 is 4.79 Å². The third-order valence-corrected chi connectivity index (χ3v) is 6.37. The molecule has 94 valence electrons. The average molecular weight is 298 g/mol. The minimum Gasteiger partial charge on any atom is -0.336 e. The van der Waals surface area contributed by atoms with Crippen LogP contribution < -0.4 is 0 Å². The van der Waals surface area contributed by atoms with Crippen LogP contribution in [0.4, 0.5) is 0 Å². The second-order valence-electron chi connectivity index (χ2n) is 6.48. The van der Waals surface area contributed by atoms with Crippen LogP contribution in [0.1, 0.15) is 44.9 Å². The summed E-state index contributed by atoms with van der Waals surface area (Å²) >= 11 is 3.75. The highest BCUT2D eigenvalue weighted by Crippen LogP contribution is 2.59. The van der Waals surface area contributed by atoms with E-state index in [1.807, 2.05) is 0 Å². The van der Waals surface area contributed by atoms with Gasteiger partial charge in [0, 0.05) is 22.8 Å². The largest absolute Gasteiger partial charge is 0.336 e. The topological polar surface area (TPSA) is 20.3 Å². The molecule has 0 aromatic carbocycles. The molecule has 3 heteroatoms. The molecule has 4 fully saturated rings. The summed E-state index contributed by atoms with van der Waals surface area (Å²) in [5.41, 5.74) is 0. The number of piperidine rings is 1. The van der Waals surface area contributed by atoms with E-state index in [1.54, 1.807) is 0 Å². The summed E-state index contributed by atoms with van der Waals surface area (Å²) in [6, 6.07) is 1.12. The Kier molecular flexibility index (Phi) is 2.37. The monoisotopic (exact) mass is 297 g/mol. The molecule has 4 rings (SSSR count). The van der Waals surface area contributed by atoms with E-state index in [0.717, 1.165) is 11.8 Å². The Morgan fingerprint density at radius 3 is 2.18 bits per heavy atom. The van der Waals surface area contributed by atoms with Gasteiger partial charge >= 0.3 is 0 Å². The third kappa shape index (κ3) is 1.54. The number of halogens is 1. The van der Waals surface area contributed by atoms with Crippen LogP contribution in [0.25, 0.3) is 0 Å². The van der Waals surface area contributed by atoms with E-state index in [1.165, 1.54) is 44.9 Å². The Morgan fingerprint density at radius 2 is 1.59 bits per heavy atom. The highest BCUT2D eigenvalue weighted by Gasteiger charge is 2.59. The Morgan fingerprint density at radius 1 is 1.00 bits per heavy atom. The van der Waals surface area contributed by atoms with Gasteiger partial charge < -0.3 is 4.90 Å². The molecule has 0 aromatic rings. The number of carbonyl (C=O) groups excluding carboxylic acids is 1.